The number of hydroxylamine groups is 2. The molecule has 1 heterocycles. The lowest BCUT2D eigenvalue weighted by Gasteiger charge is -2.14. The molecule has 0 atom stereocenters. The van der Waals surface area contributed by atoms with E-state index in [9.17, 15) is 31.2 Å². The zero-order chi connectivity index (χ0) is 15.3. The number of nitrogens with zero attached hydrogens (tertiary/aromatic N) is 1. The van der Waals surface area contributed by atoms with Crippen LogP contribution in [0.5, 0.6) is 0 Å². The van der Waals surface area contributed by atoms with Gasteiger partial charge in [0.05, 0.1) is 11.1 Å². The number of carbonyl (C=O) groups excluding carboxylic acids is 2. The third-order valence-corrected chi connectivity index (χ3v) is 3.37. The molecule has 1 aliphatic heterocycles. The van der Waals surface area contributed by atoms with Gasteiger partial charge in [-0.25, -0.2) is 0 Å². The van der Waals surface area contributed by atoms with E-state index in [0.29, 0.717) is 5.56 Å². The van der Waals surface area contributed by atoms with Crippen molar-refractivity contribution in [3.63, 3.8) is 0 Å². The largest absolute Gasteiger partial charge is 0.525 e. The molecular weight excluding hydrogens is 303 g/mol. The number of fused-ring (bicyclic) bond motifs is 1. The van der Waals surface area contributed by atoms with Gasteiger partial charge in [-0.05, 0) is 19.1 Å². The van der Waals surface area contributed by atoms with Gasteiger partial charge in [-0.1, -0.05) is 11.6 Å². The summed E-state index contributed by atoms with van der Waals surface area (Å²) in [5.41, 5.74) is -5.60. The summed E-state index contributed by atoms with van der Waals surface area (Å²) < 4.78 is 61.8. The van der Waals surface area contributed by atoms with Crippen molar-refractivity contribution in [3.8, 4) is 0 Å². The van der Waals surface area contributed by atoms with Gasteiger partial charge in [0.25, 0.3) is 11.8 Å². The van der Waals surface area contributed by atoms with Crippen LogP contribution in [0.2, 0.25) is 0 Å². The average molecular weight is 309 g/mol. The van der Waals surface area contributed by atoms with E-state index in [1.165, 1.54) is 18.2 Å². The maximum absolute atomic E-state index is 12.2. The molecule has 0 fully saturated rings. The Balaban J connectivity index is 2.40. The fourth-order valence-electron chi connectivity index (χ4n) is 1.54. The minimum atomic E-state index is -6.09. The smallest absolute Gasteiger partial charge is 0.266 e. The van der Waals surface area contributed by atoms with Crippen molar-refractivity contribution in [2.75, 3.05) is 0 Å². The number of amides is 2. The van der Waals surface area contributed by atoms with E-state index in [4.69, 9.17) is 0 Å². The van der Waals surface area contributed by atoms with Crippen LogP contribution >= 0.6 is 0 Å². The first kappa shape index (κ1) is 14.5. The number of alkyl halides is 3. The molecule has 10 heteroatoms. The van der Waals surface area contributed by atoms with E-state index < -0.39 is 32.5 Å². The molecule has 0 aromatic heterocycles. The third-order valence-electron chi connectivity index (χ3n) is 2.46. The topological polar surface area (TPSA) is 80.8 Å². The summed E-state index contributed by atoms with van der Waals surface area (Å²) in [4.78, 5) is 23.4. The van der Waals surface area contributed by atoms with Gasteiger partial charge in [-0.3, -0.25) is 9.59 Å². The van der Waals surface area contributed by atoms with Crippen LogP contribution in [0.1, 0.15) is 26.3 Å². The first-order chi connectivity index (χ1) is 9.04. The maximum Gasteiger partial charge on any atom is 0.525 e. The minimum Gasteiger partial charge on any atom is -0.266 e. The van der Waals surface area contributed by atoms with Crippen molar-refractivity contribution < 1.29 is 35.5 Å². The summed E-state index contributed by atoms with van der Waals surface area (Å²) in [6.45, 7) is 1.59. The normalized spacial score (nSPS) is 15.7. The summed E-state index contributed by atoms with van der Waals surface area (Å²) in [5, 5.41) is -0.410. The Morgan fingerprint density at radius 1 is 1.10 bits per heavy atom. The van der Waals surface area contributed by atoms with Crippen LogP contribution in [0.25, 0.3) is 0 Å². The molecule has 0 N–H and O–H groups in total. The van der Waals surface area contributed by atoms with Crippen molar-refractivity contribution in [1.82, 2.24) is 5.06 Å². The molecule has 0 bridgehead atoms. The first-order valence-corrected chi connectivity index (χ1v) is 6.46. The van der Waals surface area contributed by atoms with Crippen molar-refractivity contribution >= 4 is 21.9 Å². The van der Waals surface area contributed by atoms with Crippen LogP contribution in [-0.4, -0.2) is 30.8 Å². The minimum absolute atomic E-state index is 0.215. The van der Waals surface area contributed by atoms with Gasteiger partial charge in [0, 0.05) is 0 Å². The molecule has 0 saturated heterocycles. The SMILES string of the molecule is Cc1ccc2c(c1)C(=O)N(OS(=O)(=O)C(F)(F)F)C2=O. The average Bonchev–Trinajstić information content (AvgIpc) is 2.52. The Hall–Kier alpha value is -1.94. The standard InChI is InChI=1S/C10H6F3NO5S/c1-5-2-3-6-7(4-5)9(16)14(8(6)15)19-20(17,18)10(11,12)13/h2-4H,1H3. The molecule has 0 unspecified atom stereocenters. The summed E-state index contributed by atoms with van der Waals surface area (Å²) >= 11 is 0. The molecule has 1 aromatic carbocycles. The molecule has 20 heavy (non-hydrogen) atoms. The first-order valence-electron chi connectivity index (χ1n) is 5.05. The van der Waals surface area contributed by atoms with Gasteiger partial charge in [-0.15, -0.1) is 9.35 Å². The molecule has 0 radical (unpaired) electrons. The van der Waals surface area contributed by atoms with Crippen LogP contribution < -0.4 is 0 Å². The Bertz CT molecular complexity index is 710. The highest BCUT2D eigenvalue weighted by atomic mass is 32.2. The number of hydrogen-bond donors (Lipinski definition) is 0. The number of aryl methyl sites for hydroxylation is 1. The predicted molar refractivity (Wildman–Crippen MR) is 57.7 cm³/mol. The number of hydrogen-bond acceptors (Lipinski definition) is 5. The lowest BCUT2D eigenvalue weighted by atomic mass is 10.1. The van der Waals surface area contributed by atoms with Crippen LogP contribution in [0.15, 0.2) is 18.2 Å². The number of halogens is 3. The highest BCUT2D eigenvalue weighted by molar-refractivity contribution is 7.87. The van der Waals surface area contributed by atoms with Gasteiger partial charge >= 0.3 is 15.6 Å². The Kier molecular flexibility index (Phi) is 3.10. The van der Waals surface area contributed by atoms with Gasteiger partial charge in [0.1, 0.15) is 0 Å². The molecule has 1 aromatic rings. The summed E-state index contributed by atoms with van der Waals surface area (Å²) in [6.07, 6.45) is 0. The Morgan fingerprint density at radius 3 is 2.20 bits per heavy atom. The highest BCUT2D eigenvalue weighted by Crippen LogP contribution is 2.30. The van der Waals surface area contributed by atoms with Gasteiger partial charge in [0.15, 0.2) is 0 Å². The van der Waals surface area contributed by atoms with Crippen molar-refractivity contribution in [1.29, 1.82) is 0 Å². The van der Waals surface area contributed by atoms with E-state index in [1.807, 2.05) is 0 Å². The quantitative estimate of drug-likeness (QED) is 0.609. The van der Waals surface area contributed by atoms with Gasteiger partial charge in [-0.2, -0.15) is 21.6 Å². The molecule has 1 aliphatic rings. The van der Waals surface area contributed by atoms with E-state index in [0.717, 1.165) is 0 Å². The van der Waals surface area contributed by atoms with E-state index in [-0.39, 0.29) is 11.1 Å². The maximum atomic E-state index is 12.2. The summed E-state index contributed by atoms with van der Waals surface area (Å²) in [5.74, 6) is -2.53. The van der Waals surface area contributed by atoms with Crippen molar-refractivity contribution in [2.45, 2.75) is 12.4 Å². The highest BCUT2D eigenvalue weighted by Gasteiger charge is 2.52. The monoisotopic (exact) mass is 309 g/mol. The number of imide groups is 1. The predicted octanol–water partition coefficient (Wildman–Crippen LogP) is 1.37. The van der Waals surface area contributed by atoms with Crippen molar-refractivity contribution in [2.24, 2.45) is 0 Å². The molecule has 6 nitrogen and oxygen atoms in total. The van der Waals surface area contributed by atoms with E-state index >= 15 is 0 Å². The second kappa shape index (κ2) is 4.28. The number of carbonyl (C=O) groups is 2. The third kappa shape index (κ3) is 2.16. The Morgan fingerprint density at radius 2 is 1.65 bits per heavy atom. The molecule has 0 aliphatic carbocycles. The van der Waals surface area contributed by atoms with Crippen LogP contribution in [0.4, 0.5) is 13.2 Å². The summed E-state index contributed by atoms with van der Waals surface area (Å²) in [6, 6.07) is 3.90. The van der Waals surface area contributed by atoms with E-state index in [1.54, 1.807) is 6.92 Å². The molecule has 0 spiro atoms. The fraction of sp³-hybridized carbons (Fsp3) is 0.200. The van der Waals surface area contributed by atoms with Crippen LogP contribution in [0, 0.1) is 6.92 Å². The molecule has 0 saturated carbocycles. The van der Waals surface area contributed by atoms with E-state index in [2.05, 4.69) is 4.28 Å². The van der Waals surface area contributed by atoms with Gasteiger partial charge in [0.2, 0.25) is 0 Å². The number of rotatable bonds is 2. The fourth-order valence-corrected chi connectivity index (χ4v) is 1.96. The van der Waals surface area contributed by atoms with Crippen LogP contribution in [-0.2, 0) is 14.4 Å². The zero-order valence-electron chi connectivity index (χ0n) is 9.76. The zero-order valence-corrected chi connectivity index (χ0v) is 10.6. The van der Waals surface area contributed by atoms with Gasteiger partial charge < -0.3 is 0 Å². The number of benzene rings is 1. The molecule has 2 amide bonds. The summed E-state index contributed by atoms with van der Waals surface area (Å²) in [7, 11) is -6.09. The van der Waals surface area contributed by atoms with Crippen LogP contribution in [0.3, 0.4) is 0 Å². The lowest BCUT2D eigenvalue weighted by Crippen LogP contribution is -2.37. The Labute approximate surface area is 110 Å². The second-order valence-electron chi connectivity index (χ2n) is 3.93. The molecular formula is C10H6F3NO5S. The van der Waals surface area contributed by atoms with Crippen molar-refractivity contribution in [3.05, 3.63) is 34.9 Å². The molecule has 108 valence electrons. The molecule has 2 rings (SSSR count). The lowest BCUT2D eigenvalue weighted by molar-refractivity contribution is -0.0748. The second-order valence-corrected chi connectivity index (χ2v) is 5.45.